The fraction of sp³-hybridized carbons (Fsp3) is 0.800. The van der Waals surface area contributed by atoms with Gasteiger partial charge in [-0.05, 0) is 0 Å². The number of carbonyl (C=O) groups excluding carboxylic acids is 1. The second kappa shape index (κ2) is 2.32. The number of rotatable bonds is 1. The molecule has 1 saturated heterocycles. The number of hydrogen-bond donors (Lipinski definition) is 0. The number of nitrogens with zero attached hydrogens (tertiary/aromatic N) is 1. The van der Waals surface area contributed by atoms with E-state index in [0.717, 1.165) is 7.11 Å². The number of carbonyl (C=O) groups is 1. The van der Waals surface area contributed by atoms with Crippen LogP contribution in [0, 0.1) is 0 Å². The fourth-order valence-electron chi connectivity index (χ4n) is 0.841. The van der Waals surface area contributed by atoms with Crippen LogP contribution in [-0.4, -0.2) is 36.5 Å². The zero-order valence-electron chi connectivity index (χ0n) is 5.98. The molecular weight excluding hydrogens is 182 g/mol. The summed E-state index contributed by atoms with van der Waals surface area (Å²) in [6, 6.07) is 0. The molecule has 12 heavy (non-hydrogen) atoms. The first kappa shape index (κ1) is 9.24. The maximum absolute atomic E-state index is 12.2. The minimum Gasteiger partial charge on any atom is -0.467 e. The fourth-order valence-corrected chi connectivity index (χ4v) is 0.841. The highest BCUT2D eigenvalue weighted by molar-refractivity contribution is 5.85. The van der Waals surface area contributed by atoms with Crippen molar-refractivity contribution >= 4 is 5.97 Å². The molecule has 1 heterocycles. The summed E-state index contributed by atoms with van der Waals surface area (Å²) in [5.74, 6) is -1.61. The minimum absolute atomic E-state index is 0.598. The van der Waals surface area contributed by atoms with E-state index in [4.69, 9.17) is 0 Å². The van der Waals surface area contributed by atoms with Gasteiger partial charge in [-0.3, -0.25) is 0 Å². The molecule has 7 heteroatoms. The molecule has 0 aromatic heterocycles. The molecule has 1 aliphatic heterocycles. The molecule has 0 bridgehead atoms. The monoisotopic (exact) mass is 187 g/mol. The molecule has 0 aromatic rings. The van der Waals surface area contributed by atoms with Crippen molar-refractivity contribution in [3.8, 4) is 0 Å². The highest BCUT2D eigenvalue weighted by atomic mass is 19.4. The molecule has 3 nitrogen and oxygen atoms in total. The maximum atomic E-state index is 12.2. The molecule has 0 N–H and O–H groups in total. The standard InChI is InChI=1S/C5H5F4NO2/c1-12-3(11)4(2-10(4)9)5(6,7)8/h2H2,1H3. The largest absolute Gasteiger partial charge is 0.467 e. The molecule has 0 amide bonds. The number of alkyl halides is 3. The van der Waals surface area contributed by atoms with Crippen LogP contribution in [0.4, 0.5) is 17.7 Å². The van der Waals surface area contributed by atoms with Crippen LogP contribution in [0.1, 0.15) is 0 Å². The Bertz CT molecular complexity index is 216. The van der Waals surface area contributed by atoms with Gasteiger partial charge in [0.05, 0.1) is 13.7 Å². The first-order chi connectivity index (χ1) is 5.36. The molecule has 0 radical (unpaired) electrons. The molecule has 1 fully saturated rings. The molecule has 1 rings (SSSR count). The van der Waals surface area contributed by atoms with Crippen LogP contribution in [-0.2, 0) is 9.53 Å². The lowest BCUT2D eigenvalue weighted by Gasteiger charge is -2.14. The summed E-state index contributed by atoms with van der Waals surface area (Å²) >= 11 is 0. The van der Waals surface area contributed by atoms with Crippen molar-refractivity contribution in [3.63, 3.8) is 0 Å². The van der Waals surface area contributed by atoms with Gasteiger partial charge in [-0.25, -0.2) is 4.79 Å². The number of methoxy groups -OCH3 is 1. The summed E-state index contributed by atoms with van der Waals surface area (Å²) in [6.45, 7) is -0.983. The molecule has 0 spiro atoms. The molecule has 2 atom stereocenters. The molecule has 0 aromatic carbocycles. The van der Waals surface area contributed by atoms with Crippen molar-refractivity contribution in [2.24, 2.45) is 0 Å². The van der Waals surface area contributed by atoms with Crippen molar-refractivity contribution in [1.82, 2.24) is 5.12 Å². The van der Waals surface area contributed by atoms with Crippen LogP contribution >= 0.6 is 0 Å². The predicted octanol–water partition coefficient (Wildman–Crippen LogP) is 0.661. The number of hydrogen-bond acceptors (Lipinski definition) is 3. The summed E-state index contributed by atoms with van der Waals surface area (Å²) < 4.78 is 52.0. The van der Waals surface area contributed by atoms with Gasteiger partial charge in [0.1, 0.15) is 0 Å². The van der Waals surface area contributed by atoms with E-state index in [1.165, 1.54) is 0 Å². The Hall–Kier alpha value is -0.850. The van der Waals surface area contributed by atoms with Crippen LogP contribution in [0.25, 0.3) is 0 Å². The van der Waals surface area contributed by atoms with E-state index in [1.54, 1.807) is 0 Å². The van der Waals surface area contributed by atoms with Crippen molar-refractivity contribution in [1.29, 1.82) is 0 Å². The summed E-state index contributed by atoms with van der Waals surface area (Å²) in [5, 5.41) is -0.598. The third-order valence-electron chi connectivity index (χ3n) is 1.67. The highest BCUT2D eigenvalue weighted by Gasteiger charge is 2.77. The van der Waals surface area contributed by atoms with Crippen molar-refractivity contribution in [2.75, 3.05) is 13.7 Å². The van der Waals surface area contributed by atoms with E-state index < -0.39 is 29.4 Å². The zero-order valence-corrected chi connectivity index (χ0v) is 5.98. The van der Waals surface area contributed by atoms with E-state index in [-0.39, 0.29) is 0 Å². The first-order valence-electron chi connectivity index (χ1n) is 2.95. The van der Waals surface area contributed by atoms with Crippen LogP contribution in [0.5, 0.6) is 0 Å². The second-order valence-corrected chi connectivity index (χ2v) is 2.37. The van der Waals surface area contributed by atoms with Gasteiger partial charge in [-0.1, -0.05) is 0 Å². The highest BCUT2D eigenvalue weighted by Crippen LogP contribution is 2.47. The van der Waals surface area contributed by atoms with Gasteiger partial charge in [0, 0.05) is 0 Å². The van der Waals surface area contributed by atoms with Gasteiger partial charge in [0.15, 0.2) is 0 Å². The first-order valence-corrected chi connectivity index (χ1v) is 2.95. The average Bonchev–Trinajstić information content (AvgIpc) is 2.60. The number of halogens is 4. The van der Waals surface area contributed by atoms with E-state index >= 15 is 0 Å². The van der Waals surface area contributed by atoms with Crippen LogP contribution in [0.3, 0.4) is 0 Å². The van der Waals surface area contributed by atoms with Crippen LogP contribution in [0.15, 0.2) is 0 Å². The minimum atomic E-state index is -4.92. The third-order valence-corrected chi connectivity index (χ3v) is 1.67. The van der Waals surface area contributed by atoms with Gasteiger partial charge in [0.25, 0.3) is 5.54 Å². The lowest BCUT2D eigenvalue weighted by atomic mass is 10.1. The quantitative estimate of drug-likeness (QED) is 0.261. The lowest BCUT2D eigenvalue weighted by Crippen LogP contribution is -2.43. The van der Waals surface area contributed by atoms with E-state index in [2.05, 4.69) is 4.74 Å². The molecular formula is C5H5F4NO2. The van der Waals surface area contributed by atoms with Gasteiger partial charge in [-0.15, -0.1) is 9.60 Å². The Kier molecular flexibility index (Phi) is 1.78. The van der Waals surface area contributed by atoms with E-state index in [1.807, 2.05) is 0 Å². The molecule has 0 aliphatic carbocycles. The van der Waals surface area contributed by atoms with Crippen molar-refractivity contribution in [2.45, 2.75) is 11.7 Å². The summed E-state index contributed by atoms with van der Waals surface area (Å²) in [6.07, 6.45) is -4.92. The Morgan fingerprint density at radius 3 is 2.08 bits per heavy atom. The van der Waals surface area contributed by atoms with Crippen molar-refractivity contribution in [3.05, 3.63) is 0 Å². The Balaban J connectivity index is 2.87. The summed E-state index contributed by atoms with van der Waals surface area (Å²) in [5.41, 5.74) is -3.04. The van der Waals surface area contributed by atoms with Gasteiger partial charge >= 0.3 is 12.1 Å². The topological polar surface area (TPSA) is 29.3 Å². The lowest BCUT2D eigenvalue weighted by molar-refractivity contribution is -0.202. The maximum Gasteiger partial charge on any atom is 0.421 e. The smallest absolute Gasteiger partial charge is 0.421 e. The van der Waals surface area contributed by atoms with E-state index in [0.29, 0.717) is 0 Å². The Morgan fingerprint density at radius 1 is 1.58 bits per heavy atom. The van der Waals surface area contributed by atoms with Gasteiger partial charge in [0.2, 0.25) is 0 Å². The normalized spacial score (nSPS) is 34.6. The molecule has 70 valence electrons. The number of ether oxygens (including phenoxy) is 1. The van der Waals surface area contributed by atoms with Crippen LogP contribution < -0.4 is 0 Å². The molecule has 1 aliphatic rings. The summed E-state index contributed by atoms with van der Waals surface area (Å²) in [7, 11) is 0.780. The molecule has 0 saturated carbocycles. The molecule has 2 unspecified atom stereocenters. The van der Waals surface area contributed by atoms with Crippen molar-refractivity contribution < 1.29 is 27.2 Å². The van der Waals surface area contributed by atoms with E-state index in [9.17, 15) is 22.4 Å². The Labute approximate surface area is 64.8 Å². The predicted molar refractivity (Wildman–Crippen MR) is 28.6 cm³/mol. The SMILES string of the molecule is COC(=O)C1(C(F)(F)F)CN1F. The zero-order chi connectivity index (χ0) is 9.57. The Morgan fingerprint density at radius 2 is 2.00 bits per heavy atom. The van der Waals surface area contributed by atoms with Gasteiger partial charge < -0.3 is 4.74 Å². The average molecular weight is 187 g/mol. The third kappa shape index (κ3) is 0.961. The second-order valence-electron chi connectivity index (χ2n) is 2.37. The summed E-state index contributed by atoms with van der Waals surface area (Å²) in [4.78, 5) is 10.5. The van der Waals surface area contributed by atoms with Crippen LogP contribution in [0.2, 0.25) is 0 Å². The number of esters is 1. The van der Waals surface area contributed by atoms with Gasteiger partial charge in [-0.2, -0.15) is 13.2 Å².